The lowest BCUT2D eigenvalue weighted by Gasteiger charge is -2.31. The van der Waals surface area contributed by atoms with Gasteiger partial charge in [-0.25, -0.2) is 0 Å². The van der Waals surface area contributed by atoms with E-state index >= 15 is 0 Å². The third kappa shape index (κ3) is 7.22. The first-order valence-corrected chi connectivity index (χ1v) is 4.79. The minimum absolute atomic E-state index is 0.222. The van der Waals surface area contributed by atoms with Crippen molar-refractivity contribution < 1.29 is 44.7 Å². The molecule has 0 bridgehead atoms. The van der Waals surface area contributed by atoms with Crippen LogP contribution in [0.15, 0.2) is 11.8 Å². The molecule has 0 saturated heterocycles. The van der Waals surface area contributed by atoms with Crippen molar-refractivity contribution in [3.05, 3.63) is 27.5 Å². The maximum atomic E-state index is 10.2. The van der Waals surface area contributed by atoms with Gasteiger partial charge in [0.1, 0.15) is 0 Å². The van der Waals surface area contributed by atoms with Crippen LogP contribution in [-0.4, -0.2) is 28.2 Å². The fourth-order valence-electron chi connectivity index (χ4n) is 0.910. The Balaban J connectivity index is 2.38. The number of nitrogens with two attached hydrogens (primary N) is 3. The van der Waals surface area contributed by atoms with Crippen molar-refractivity contribution >= 4 is 0 Å². The number of rotatable bonds is 12. The first kappa shape index (κ1) is 18.9. The van der Waals surface area contributed by atoms with E-state index in [-0.39, 0.29) is 5.76 Å². The van der Waals surface area contributed by atoms with Crippen molar-refractivity contribution in [1.29, 1.82) is 0 Å². The zero-order chi connectivity index (χ0) is 16.5. The van der Waals surface area contributed by atoms with Crippen molar-refractivity contribution in [1.82, 2.24) is 16.0 Å². The Hall–Kier alpha value is -1.14. The molecule has 1 aliphatic rings. The molecule has 0 fully saturated rings. The molecule has 1 aliphatic carbocycles. The van der Waals surface area contributed by atoms with Crippen molar-refractivity contribution in [3.63, 3.8) is 0 Å². The van der Waals surface area contributed by atoms with E-state index in [2.05, 4.69) is 62.3 Å². The third-order valence-electron chi connectivity index (χ3n) is 1.64. The van der Waals surface area contributed by atoms with Crippen LogP contribution in [-0.2, 0) is 44.7 Å². The molecule has 1 rings (SSSR count). The summed E-state index contributed by atoms with van der Waals surface area (Å²) >= 11 is 0. The largest absolute Gasteiger partial charge is 0.746 e. The van der Waals surface area contributed by atoms with E-state index in [1.807, 2.05) is 0 Å². The molecular weight excluding hydrogens is 324 g/mol. The lowest BCUT2D eigenvalue weighted by atomic mass is 10.0. The van der Waals surface area contributed by atoms with Crippen LogP contribution in [0, 0.1) is 15.6 Å². The van der Waals surface area contributed by atoms with Gasteiger partial charge < -0.3 is 20.5 Å². The summed E-state index contributed by atoms with van der Waals surface area (Å²) in [7, 11) is 0. The van der Waals surface area contributed by atoms with E-state index in [1.54, 1.807) is 0 Å². The average molecular weight is 333 g/mol. The summed E-state index contributed by atoms with van der Waals surface area (Å²) in [6, 6.07) is 0. The van der Waals surface area contributed by atoms with E-state index in [1.165, 1.54) is 0 Å². The molecule has 22 heavy (non-hydrogen) atoms. The Morgan fingerprint density at radius 2 is 1.32 bits per heavy atom. The second kappa shape index (κ2) is 9.79. The summed E-state index contributed by atoms with van der Waals surface area (Å²) < 4.78 is 0. The van der Waals surface area contributed by atoms with Gasteiger partial charge in [-0.2, -0.15) is 25.8 Å². The summed E-state index contributed by atoms with van der Waals surface area (Å²) in [6.45, 7) is 0. The quantitative estimate of drug-likeness (QED) is 0.183. The summed E-state index contributed by atoms with van der Waals surface area (Å²) in [5.41, 5.74) is 0. The Bertz CT molecular complexity index is 340. The monoisotopic (exact) mass is 333 g/mol. The first-order valence-electron chi connectivity index (χ1n) is 4.79. The number of hydrazine groups is 3. The van der Waals surface area contributed by atoms with Crippen LogP contribution < -0.4 is 17.5 Å². The van der Waals surface area contributed by atoms with E-state index in [9.17, 15) is 15.6 Å². The fraction of sp³-hybridized carbons (Fsp3) is 0.500. The normalized spacial score (nSPS) is 21.4. The fourth-order valence-corrected chi connectivity index (χ4v) is 0.910. The minimum Gasteiger partial charge on any atom is -0.746 e. The van der Waals surface area contributed by atoms with Gasteiger partial charge in [-0.3, -0.25) is 17.5 Å². The number of nitrogens with zero attached hydrogens (tertiary/aromatic N) is 3. The van der Waals surface area contributed by atoms with Gasteiger partial charge in [-0.15, -0.1) is 9.98 Å². The molecule has 0 spiro atoms. The minimum atomic E-state index is -1.30. The van der Waals surface area contributed by atoms with Crippen molar-refractivity contribution in [2.45, 2.75) is 12.2 Å². The predicted molar refractivity (Wildman–Crippen MR) is 53.6 cm³/mol. The van der Waals surface area contributed by atoms with Crippen LogP contribution in [0.25, 0.3) is 0 Å². The van der Waals surface area contributed by atoms with Gasteiger partial charge in [-0.05, 0) is 16.2 Å². The highest BCUT2D eigenvalue weighted by atomic mass is 17.6. The van der Waals surface area contributed by atoms with Crippen LogP contribution in [0.5, 0.6) is 0 Å². The number of hydrogen-bond donors (Lipinski definition) is 3. The van der Waals surface area contributed by atoms with E-state index in [4.69, 9.17) is 0 Å². The standard InChI is InChI=1S/C4H9N6O12/c5-8(11)17-20-14-2-1-3(15-21-18-9(6)12)4(2)16-22-19-10(7)13/h1-2,4H,5-7H2/q-3. The zero-order valence-electron chi connectivity index (χ0n) is 10.2. The molecule has 0 heterocycles. The van der Waals surface area contributed by atoms with Gasteiger partial charge in [-0.1, -0.05) is 4.99 Å². The van der Waals surface area contributed by atoms with Crippen molar-refractivity contribution in [2.75, 3.05) is 0 Å². The van der Waals surface area contributed by atoms with E-state index in [0.717, 1.165) is 6.08 Å². The van der Waals surface area contributed by atoms with Crippen LogP contribution in [0.4, 0.5) is 0 Å². The molecule has 0 aromatic carbocycles. The average Bonchev–Trinajstić information content (AvgIpc) is 2.39. The van der Waals surface area contributed by atoms with Crippen molar-refractivity contribution in [2.24, 2.45) is 17.5 Å². The molecule has 18 nitrogen and oxygen atoms in total. The Kier molecular flexibility index (Phi) is 8.42. The highest BCUT2D eigenvalue weighted by Gasteiger charge is 2.41. The van der Waals surface area contributed by atoms with E-state index < -0.39 is 28.2 Å². The molecule has 2 atom stereocenters. The van der Waals surface area contributed by atoms with Gasteiger partial charge in [0.2, 0.25) is 0 Å². The highest BCUT2D eigenvalue weighted by molar-refractivity contribution is 5.19. The molecule has 0 saturated carbocycles. The third-order valence-corrected chi connectivity index (χ3v) is 1.64. The van der Waals surface area contributed by atoms with Crippen LogP contribution in [0.1, 0.15) is 0 Å². The SMILES string of the molecule is NN([O-])OOOC1=CC(OOON(N)[O-])C1OOON(N)[O-]. The lowest BCUT2D eigenvalue weighted by Crippen LogP contribution is -2.42. The summed E-state index contributed by atoms with van der Waals surface area (Å²) in [4.78, 5) is 24.4. The zero-order valence-corrected chi connectivity index (χ0v) is 10.2. The summed E-state index contributed by atoms with van der Waals surface area (Å²) in [5.74, 6) is 13.3. The lowest BCUT2D eigenvalue weighted by molar-refractivity contribution is -0.619. The second-order valence-corrected chi connectivity index (χ2v) is 3.01. The van der Waals surface area contributed by atoms with E-state index in [0.29, 0.717) is 0 Å². The molecule has 130 valence electrons. The Morgan fingerprint density at radius 1 is 0.818 bits per heavy atom. The van der Waals surface area contributed by atoms with Gasteiger partial charge in [0.25, 0.3) is 0 Å². The Morgan fingerprint density at radius 3 is 1.86 bits per heavy atom. The molecule has 0 radical (unpaired) electrons. The van der Waals surface area contributed by atoms with Crippen molar-refractivity contribution in [3.8, 4) is 0 Å². The molecule has 0 aromatic heterocycles. The van der Waals surface area contributed by atoms with Crippen LogP contribution in [0.3, 0.4) is 0 Å². The molecule has 2 unspecified atom stereocenters. The molecule has 6 N–H and O–H groups in total. The smallest absolute Gasteiger partial charge is 0.190 e. The predicted octanol–water partition coefficient (Wildman–Crippen LogP) is -2.97. The first-order chi connectivity index (χ1) is 10.4. The van der Waals surface area contributed by atoms with Gasteiger partial charge in [0.05, 0.1) is 0 Å². The Labute approximate surface area is 119 Å². The summed E-state index contributed by atoms with van der Waals surface area (Å²) in [6.07, 6.45) is -1.33. The highest BCUT2D eigenvalue weighted by Crippen LogP contribution is 2.28. The number of hydrogen-bond acceptors (Lipinski definition) is 18. The molecule has 0 aromatic rings. The maximum absolute atomic E-state index is 10.2. The second-order valence-electron chi connectivity index (χ2n) is 3.01. The maximum Gasteiger partial charge on any atom is 0.190 e. The molecule has 0 amide bonds. The van der Waals surface area contributed by atoms with Gasteiger partial charge in [0.15, 0.2) is 18.0 Å². The van der Waals surface area contributed by atoms with Gasteiger partial charge in [0, 0.05) is 5.04 Å². The topological polar surface area (TPSA) is 240 Å². The molecular formula is C4H9N6O12-3. The van der Waals surface area contributed by atoms with Gasteiger partial charge >= 0.3 is 0 Å². The summed E-state index contributed by atoms with van der Waals surface area (Å²) in [5, 5.41) is 40.4. The molecule has 18 heteroatoms. The van der Waals surface area contributed by atoms with Crippen LogP contribution in [0.2, 0.25) is 0 Å². The molecule has 0 aliphatic heterocycles. The van der Waals surface area contributed by atoms with Crippen LogP contribution >= 0.6 is 0 Å².